The highest BCUT2D eigenvalue weighted by Crippen LogP contribution is 2.34. The Hall–Kier alpha value is -1.07. The Labute approximate surface area is 102 Å². The van der Waals surface area contributed by atoms with Crippen molar-refractivity contribution in [3.63, 3.8) is 0 Å². The Balaban J connectivity index is 1.96. The van der Waals surface area contributed by atoms with Crippen LogP contribution in [0.5, 0.6) is 0 Å². The Morgan fingerprint density at radius 2 is 1.88 bits per heavy atom. The van der Waals surface area contributed by atoms with Gasteiger partial charge < -0.3 is 9.64 Å². The van der Waals surface area contributed by atoms with Crippen LogP contribution in [0.4, 0.5) is 5.69 Å². The van der Waals surface area contributed by atoms with Crippen molar-refractivity contribution in [3.8, 4) is 0 Å². The first-order valence-electron chi connectivity index (χ1n) is 5.86. The van der Waals surface area contributed by atoms with Crippen LogP contribution in [0.3, 0.4) is 0 Å². The molecule has 2 heterocycles. The maximum atomic E-state index is 11.0. The van der Waals surface area contributed by atoms with Crippen molar-refractivity contribution in [1.82, 2.24) is 0 Å². The van der Waals surface area contributed by atoms with Crippen LogP contribution in [-0.4, -0.2) is 33.7 Å². The zero-order valence-corrected chi connectivity index (χ0v) is 10.3. The number of benzene rings is 1. The molecule has 4 nitrogen and oxygen atoms in total. The summed E-state index contributed by atoms with van der Waals surface area (Å²) in [5.41, 5.74) is 1.01. The van der Waals surface area contributed by atoms with Gasteiger partial charge in [0.15, 0.2) is 10.7 Å². The quantitative estimate of drug-likeness (QED) is 0.800. The number of morpholine rings is 1. The van der Waals surface area contributed by atoms with E-state index in [4.69, 9.17) is 4.74 Å². The van der Waals surface area contributed by atoms with Gasteiger partial charge in [-0.1, -0.05) is 6.07 Å². The monoisotopic (exact) mass is 253 g/mol. The van der Waals surface area contributed by atoms with Gasteiger partial charge in [0.25, 0.3) is 0 Å². The highest BCUT2D eigenvalue weighted by molar-refractivity contribution is 7.72. The van der Waals surface area contributed by atoms with Crippen LogP contribution < -0.4 is 4.90 Å². The Kier molecular flexibility index (Phi) is 2.80. The third-order valence-electron chi connectivity index (χ3n) is 3.58. The van der Waals surface area contributed by atoms with Crippen LogP contribution >= 0.6 is 0 Å². The lowest BCUT2D eigenvalue weighted by molar-refractivity contribution is 0.0906. The van der Waals surface area contributed by atoms with E-state index in [9.17, 15) is 8.42 Å². The largest absolute Gasteiger partial charge is 0.377 e. The van der Waals surface area contributed by atoms with E-state index in [-0.39, 0.29) is 0 Å². The number of hydrogen-bond acceptors (Lipinski definition) is 4. The van der Waals surface area contributed by atoms with Crippen LogP contribution in [-0.2, 0) is 15.4 Å². The molecule has 2 unspecified atom stereocenters. The average molecular weight is 253 g/mol. The molecule has 2 aliphatic rings. The maximum absolute atomic E-state index is 11.0. The summed E-state index contributed by atoms with van der Waals surface area (Å²) in [4.78, 5) is 2.72. The van der Waals surface area contributed by atoms with E-state index in [0.717, 1.165) is 31.7 Å². The van der Waals surface area contributed by atoms with Crippen LogP contribution in [0.25, 0.3) is 0 Å². The Bertz CT molecular complexity index is 476. The zero-order valence-electron chi connectivity index (χ0n) is 9.41. The molecular formula is C12H15NO3S. The number of thiol groups is 1. The van der Waals surface area contributed by atoms with Crippen molar-refractivity contribution in [2.45, 2.75) is 29.8 Å². The fourth-order valence-corrected chi connectivity index (χ4v) is 3.26. The molecule has 1 aromatic rings. The van der Waals surface area contributed by atoms with E-state index in [1.807, 2.05) is 12.1 Å². The van der Waals surface area contributed by atoms with Gasteiger partial charge in [0.05, 0.1) is 30.2 Å². The van der Waals surface area contributed by atoms with Crippen molar-refractivity contribution in [1.29, 1.82) is 0 Å². The van der Waals surface area contributed by atoms with E-state index in [1.54, 1.807) is 12.1 Å². The molecule has 0 radical (unpaired) electrons. The predicted molar refractivity (Wildman–Crippen MR) is 65.1 cm³/mol. The summed E-state index contributed by atoms with van der Waals surface area (Å²) >= 11 is 0. The summed E-state index contributed by atoms with van der Waals surface area (Å²) in [5.74, 6) is 0. The summed E-state index contributed by atoms with van der Waals surface area (Å²) in [5, 5.41) is 0. The van der Waals surface area contributed by atoms with Crippen molar-refractivity contribution in [2.24, 2.45) is 0 Å². The van der Waals surface area contributed by atoms with Crippen LogP contribution in [0, 0.1) is 0 Å². The molecule has 0 saturated carbocycles. The normalized spacial score (nSPS) is 27.7. The zero-order chi connectivity index (χ0) is 11.8. The summed E-state index contributed by atoms with van der Waals surface area (Å²) in [7, 11) is -2.50. The molecule has 17 heavy (non-hydrogen) atoms. The van der Waals surface area contributed by atoms with Gasteiger partial charge in [-0.25, -0.2) is 8.42 Å². The smallest absolute Gasteiger partial charge is 0.168 e. The molecule has 0 aliphatic carbocycles. The second-order valence-electron chi connectivity index (χ2n) is 4.61. The van der Waals surface area contributed by atoms with Crippen molar-refractivity contribution >= 4 is 16.4 Å². The summed E-state index contributed by atoms with van der Waals surface area (Å²) in [6.45, 7) is 1.51. The third kappa shape index (κ3) is 1.93. The lowest BCUT2D eigenvalue weighted by Crippen LogP contribution is -2.45. The van der Waals surface area contributed by atoms with E-state index in [1.165, 1.54) is 0 Å². The number of hydrogen-bond donors (Lipinski definition) is 1. The second-order valence-corrected chi connectivity index (χ2v) is 5.64. The molecule has 2 saturated heterocycles. The fraction of sp³-hybridized carbons (Fsp3) is 0.500. The molecule has 0 amide bonds. The number of anilines is 1. The fourth-order valence-electron chi connectivity index (χ4n) is 2.82. The van der Waals surface area contributed by atoms with Crippen LogP contribution in [0.1, 0.15) is 12.8 Å². The standard InChI is InChI=1S/C12H15NO3S/c14-17(15)12-3-1-2-9(6-12)13-10-4-5-11(13)8-16-7-10/h1-3,6,10-11,17H,4-5,7-8H2. The van der Waals surface area contributed by atoms with Crippen LogP contribution in [0.15, 0.2) is 29.2 Å². The van der Waals surface area contributed by atoms with Crippen molar-refractivity contribution in [3.05, 3.63) is 24.3 Å². The van der Waals surface area contributed by atoms with Gasteiger partial charge in [-0.05, 0) is 31.0 Å². The molecule has 1 aromatic carbocycles. The second kappa shape index (κ2) is 4.31. The number of nitrogens with zero attached hydrogens (tertiary/aromatic N) is 1. The molecule has 2 fully saturated rings. The first-order chi connectivity index (χ1) is 8.25. The minimum atomic E-state index is -2.50. The number of fused-ring (bicyclic) bond motifs is 2. The summed E-state index contributed by atoms with van der Waals surface area (Å²) in [6, 6.07) is 8.02. The van der Waals surface area contributed by atoms with E-state index in [2.05, 4.69) is 4.90 Å². The maximum Gasteiger partial charge on any atom is 0.168 e. The molecule has 2 atom stereocenters. The van der Waals surface area contributed by atoms with Crippen LogP contribution in [0.2, 0.25) is 0 Å². The van der Waals surface area contributed by atoms with Crippen molar-refractivity contribution < 1.29 is 13.2 Å². The topological polar surface area (TPSA) is 46.6 Å². The van der Waals surface area contributed by atoms with E-state index < -0.39 is 10.7 Å². The summed E-state index contributed by atoms with van der Waals surface area (Å²) in [6.07, 6.45) is 2.27. The molecular weight excluding hydrogens is 238 g/mol. The Morgan fingerprint density at radius 3 is 2.53 bits per heavy atom. The predicted octanol–water partition coefficient (Wildman–Crippen LogP) is 1.02. The third-order valence-corrected chi connectivity index (χ3v) is 4.28. The molecule has 0 aromatic heterocycles. The Morgan fingerprint density at radius 1 is 1.18 bits per heavy atom. The molecule has 0 spiro atoms. The van der Waals surface area contributed by atoms with E-state index >= 15 is 0 Å². The molecule has 0 N–H and O–H groups in total. The SMILES string of the molecule is O=[SH](=O)c1cccc(N2C3CCC2COC3)c1. The van der Waals surface area contributed by atoms with Gasteiger partial charge in [0.2, 0.25) is 0 Å². The number of ether oxygens (including phenoxy) is 1. The lowest BCUT2D eigenvalue weighted by atomic mass is 10.2. The van der Waals surface area contributed by atoms with Gasteiger partial charge in [0.1, 0.15) is 0 Å². The number of rotatable bonds is 2. The molecule has 2 bridgehead atoms. The minimum absolute atomic E-state index is 0.392. The van der Waals surface area contributed by atoms with Gasteiger partial charge in [-0.2, -0.15) is 0 Å². The minimum Gasteiger partial charge on any atom is -0.377 e. The highest BCUT2D eigenvalue weighted by atomic mass is 32.2. The van der Waals surface area contributed by atoms with Gasteiger partial charge in [-0.3, -0.25) is 0 Å². The lowest BCUT2D eigenvalue weighted by Gasteiger charge is -2.36. The first kappa shape index (κ1) is 11.0. The van der Waals surface area contributed by atoms with E-state index in [0.29, 0.717) is 17.0 Å². The summed E-state index contributed by atoms with van der Waals surface area (Å²) < 4.78 is 27.5. The van der Waals surface area contributed by atoms with Gasteiger partial charge in [-0.15, -0.1) is 0 Å². The highest BCUT2D eigenvalue weighted by Gasteiger charge is 2.37. The molecule has 2 aliphatic heterocycles. The van der Waals surface area contributed by atoms with Gasteiger partial charge >= 0.3 is 0 Å². The molecule has 3 rings (SSSR count). The van der Waals surface area contributed by atoms with Crippen molar-refractivity contribution in [2.75, 3.05) is 18.1 Å². The van der Waals surface area contributed by atoms with Gasteiger partial charge in [0, 0.05) is 5.69 Å². The first-order valence-corrected chi connectivity index (χ1v) is 7.04. The average Bonchev–Trinajstić information content (AvgIpc) is 2.59. The molecule has 92 valence electrons. The molecule has 5 heteroatoms.